The van der Waals surface area contributed by atoms with Gasteiger partial charge in [0.1, 0.15) is 5.78 Å². The molecule has 0 aliphatic rings. The summed E-state index contributed by atoms with van der Waals surface area (Å²) >= 11 is 1.61. The van der Waals surface area contributed by atoms with E-state index in [0.717, 1.165) is 18.6 Å². The van der Waals surface area contributed by atoms with Crippen molar-refractivity contribution >= 4 is 33.6 Å². The number of methoxy groups -OCH3 is 1. The van der Waals surface area contributed by atoms with E-state index in [4.69, 9.17) is 4.74 Å². The van der Waals surface area contributed by atoms with Crippen LogP contribution in [0.25, 0.3) is 0 Å². The monoisotopic (exact) mass is 405 g/mol. The minimum Gasteiger partial charge on any atom is -0.748 e. The Morgan fingerprint density at radius 1 is 1.28 bits per heavy atom. The number of amides is 1. The maximum absolute atomic E-state index is 11.8. The number of rotatable bonds is 13. The molecule has 1 N–H and O–H groups in total. The summed E-state index contributed by atoms with van der Waals surface area (Å²) in [5.41, 5.74) is -1.07. The van der Waals surface area contributed by atoms with Gasteiger partial charge in [-0.3, -0.25) is 9.59 Å². The fraction of sp³-hybridized carbons (Fsp3) is 0.867. The minimum atomic E-state index is -4.39. The zero-order valence-corrected chi connectivity index (χ0v) is 19.4. The Bertz CT molecular complexity index is 510. The van der Waals surface area contributed by atoms with E-state index < -0.39 is 21.4 Å². The first-order valence-corrected chi connectivity index (χ1v) is 10.5. The number of nitrogens with one attached hydrogen (secondary N) is 1. The van der Waals surface area contributed by atoms with E-state index in [9.17, 15) is 22.6 Å². The number of Topliss-reactive ketones (excluding diaryl/α,β-unsaturated/α-hetero) is 1. The molecule has 7 nitrogen and oxygen atoms in total. The maximum Gasteiger partial charge on any atom is 1.00 e. The van der Waals surface area contributed by atoms with Crippen LogP contribution in [0.5, 0.6) is 0 Å². The van der Waals surface area contributed by atoms with Gasteiger partial charge in [0.15, 0.2) is 0 Å². The summed E-state index contributed by atoms with van der Waals surface area (Å²) in [7, 11) is -2.79. The van der Waals surface area contributed by atoms with E-state index in [2.05, 4.69) is 5.32 Å². The predicted octanol–water partition coefficient (Wildman–Crippen LogP) is -1.67. The van der Waals surface area contributed by atoms with Crippen molar-refractivity contribution in [3.8, 4) is 0 Å². The van der Waals surface area contributed by atoms with Crippen molar-refractivity contribution < 1.29 is 56.9 Å². The van der Waals surface area contributed by atoms with Gasteiger partial charge in [0.2, 0.25) is 5.91 Å². The maximum atomic E-state index is 11.8. The van der Waals surface area contributed by atoms with Crippen LogP contribution in [0.2, 0.25) is 0 Å². The van der Waals surface area contributed by atoms with Crippen LogP contribution in [0.4, 0.5) is 0 Å². The second-order valence-electron chi connectivity index (χ2n) is 6.40. The Hall–Kier alpha value is 0.360. The van der Waals surface area contributed by atoms with Crippen LogP contribution in [-0.2, 0) is 24.4 Å². The van der Waals surface area contributed by atoms with Crippen LogP contribution >= 0.6 is 11.8 Å². The van der Waals surface area contributed by atoms with Gasteiger partial charge in [-0.25, -0.2) is 8.42 Å². The summed E-state index contributed by atoms with van der Waals surface area (Å²) in [6, 6.07) is 0. The molecule has 0 radical (unpaired) electrons. The molecule has 0 rings (SSSR count). The Kier molecular flexibility index (Phi) is 14.9. The molecule has 1 amide bonds. The molecule has 0 heterocycles. The number of carbonyl (C=O) groups is 2. The van der Waals surface area contributed by atoms with Crippen molar-refractivity contribution in [3.05, 3.63) is 0 Å². The first kappa shape index (κ1) is 27.6. The van der Waals surface area contributed by atoms with Crippen LogP contribution in [0.1, 0.15) is 46.5 Å². The van der Waals surface area contributed by atoms with Crippen molar-refractivity contribution in [2.24, 2.45) is 0 Å². The van der Waals surface area contributed by atoms with Crippen LogP contribution in [0, 0.1) is 0 Å². The Morgan fingerprint density at radius 3 is 2.36 bits per heavy atom. The van der Waals surface area contributed by atoms with E-state index in [-0.39, 0.29) is 53.8 Å². The summed E-state index contributed by atoms with van der Waals surface area (Å²) in [4.78, 5) is 22.8. The number of hydrogen-bond donors (Lipinski definition) is 1. The molecule has 0 fully saturated rings. The number of thioether (sulfide) groups is 1. The Labute approximate surface area is 177 Å². The standard InChI is InChI=1S/C15H29NO6S2.Na/c1-12(17)10-13(22-4)6-5-8-23-9-7-14(18)16-15(2,3)11-24(19,20)21;/h13H,5-11H2,1-4H3,(H,16,18)(H,19,20,21);/q;+1/p-1. The smallest absolute Gasteiger partial charge is 0.748 e. The quantitative estimate of drug-likeness (QED) is 0.221. The summed E-state index contributed by atoms with van der Waals surface area (Å²) in [6.07, 6.45) is 2.30. The van der Waals surface area contributed by atoms with Gasteiger partial charge < -0.3 is 14.6 Å². The van der Waals surface area contributed by atoms with Gasteiger partial charge in [-0.1, -0.05) is 0 Å². The normalized spacial score (nSPS) is 13.0. The topological polar surface area (TPSA) is 113 Å². The first-order valence-electron chi connectivity index (χ1n) is 7.80. The average molecular weight is 406 g/mol. The molecule has 0 aliphatic carbocycles. The van der Waals surface area contributed by atoms with Gasteiger partial charge in [0.25, 0.3) is 0 Å². The summed E-state index contributed by atoms with van der Waals surface area (Å²) in [5.74, 6) is 0.657. The van der Waals surface area contributed by atoms with Crippen LogP contribution in [0.15, 0.2) is 0 Å². The molecule has 0 aromatic heterocycles. The van der Waals surface area contributed by atoms with E-state index in [0.29, 0.717) is 12.2 Å². The second kappa shape index (κ2) is 13.5. The third kappa shape index (κ3) is 17.5. The third-order valence-corrected chi connectivity index (χ3v) is 5.30. The molecule has 0 spiro atoms. The van der Waals surface area contributed by atoms with Gasteiger partial charge in [-0.2, -0.15) is 11.8 Å². The van der Waals surface area contributed by atoms with E-state index in [1.807, 2.05) is 0 Å². The molecule has 142 valence electrons. The molecule has 0 bridgehead atoms. The summed E-state index contributed by atoms with van der Waals surface area (Å²) in [6.45, 7) is 4.56. The molecule has 25 heavy (non-hydrogen) atoms. The number of hydrogen-bond acceptors (Lipinski definition) is 7. The van der Waals surface area contributed by atoms with Gasteiger partial charge in [0.05, 0.1) is 22.0 Å². The molecular formula is C15H28NNaO6S2. The average Bonchev–Trinajstić information content (AvgIpc) is 2.37. The van der Waals surface area contributed by atoms with E-state index >= 15 is 0 Å². The Balaban J connectivity index is 0. The zero-order valence-electron chi connectivity index (χ0n) is 15.8. The van der Waals surface area contributed by atoms with Crippen molar-refractivity contribution in [1.82, 2.24) is 5.32 Å². The third-order valence-electron chi connectivity index (χ3n) is 3.15. The van der Waals surface area contributed by atoms with Crippen LogP contribution in [0.3, 0.4) is 0 Å². The number of ketones is 1. The molecule has 0 aliphatic heterocycles. The fourth-order valence-corrected chi connectivity index (χ4v) is 4.08. The van der Waals surface area contributed by atoms with Crippen molar-refractivity contribution in [2.45, 2.75) is 58.1 Å². The van der Waals surface area contributed by atoms with Crippen LogP contribution in [-0.4, -0.2) is 60.7 Å². The van der Waals surface area contributed by atoms with Gasteiger partial charge in [-0.05, 0) is 39.4 Å². The van der Waals surface area contributed by atoms with Crippen molar-refractivity contribution in [3.63, 3.8) is 0 Å². The summed E-state index contributed by atoms with van der Waals surface area (Å²) in [5, 5.41) is 2.56. The van der Waals surface area contributed by atoms with Crippen LogP contribution < -0.4 is 34.9 Å². The first-order chi connectivity index (χ1) is 10.9. The number of carbonyl (C=O) groups excluding carboxylic acids is 2. The molecule has 1 atom stereocenters. The molecule has 10 heteroatoms. The van der Waals surface area contributed by atoms with Crippen molar-refractivity contribution in [1.29, 1.82) is 0 Å². The molecule has 0 saturated heterocycles. The van der Waals surface area contributed by atoms with E-state index in [1.54, 1.807) is 25.8 Å². The van der Waals surface area contributed by atoms with Gasteiger partial charge in [0, 0.05) is 31.2 Å². The van der Waals surface area contributed by atoms with Crippen molar-refractivity contribution in [2.75, 3.05) is 24.4 Å². The van der Waals surface area contributed by atoms with Gasteiger partial charge >= 0.3 is 29.6 Å². The van der Waals surface area contributed by atoms with E-state index in [1.165, 1.54) is 13.8 Å². The number of ether oxygens (including phenoxy) is 1. The second-order valence-corrected chi connectivity index (χ2v) is 9.03. The fourth-order valence-electron chi connectivity index (χ4n) is 2.22. The SMILES string of the molecule is COC(CCCSCCC(=O)NC(C)(C)CS(=O)(=O)[O-])CC(C)=O.[Na+]. The minimum absolute atomic E-state index is 0. The largest absolute Gasteiger partial charge is 1.00 e. The molecular weight excluding hydrogens is 377 g/mol. The predicted molar refractivity (Wildman–Crippen MR) is 94.1 cm³/mol. The zero-order chi connectivity index (χ0) is 18.8. The molecule has 1 unspecified atom stereocenters. The van der Waals surface area contributed by atoms with Gasteiger partial charge in [-0.15, -0.1) is 0 Å². The molecule has 0 saturated carbocycles. The summed E-state index contributed by atoms with van der Waals surface area (Å²) < 4.78 is 37.5. The molecule has 0 aromatic carbocycles. The Morgan fingerprint density at radius 2 is 1.88 bits per heavy atom. The molecule has 0 aromatic rings.